The van der Waals surface area contributed by atoms with Crippen LogP contribution in [0.15, 0.2) is 83.3 Å². The first-order valence-electron chi connectivity index (χ1n) is 8.61. The van der Waals surface area contributed by atoms with Crippen molar-refractivity contribution in [3.63, 3.8) is 0 Å². The van der Waals surface area contributed by atoms with Crippen molar-refractivity contribution < 1.29 is 4.42 Å². The molecule has 0 atom stereocenters. The third kappa shape index (κ3) is 2.37. The summed E-state index contributed by atoms with van der Waals surface area (Å²) < 4.78 is 5.96. The van der Waals surface area contributed by atoms with Gasteiger partial charge in [-0.25, -0.2) is 4.98 Å². The van der Waals surface area contributed by atoms with Crippen LogP contribution in [-0.4, -0.2) is 9.97 Å². The van der Waals surface area contributed by atoms with Crippen LogP contribution in [0.3, 0.4) is 0 Å². The molecular weight excluding hydrogens is 320 g/mol. The second kappa shape index (κ2) is 5.81. The van der Waals surface area contributed by atoms with Crippen LogP contribution in [0, 0.1) is 6.92 Å². The molecule has 124 valence electrons. The first-order chi connectivity index (χ1) is 12.8. The van der Waals surface area contributed by atoms with E-state index in [-0.39, 0.29) is 0 Å². The van der Waals surface area contributed by atoms with Crippen LogP contribution in [0.25, 0.3) is 44.5 Å². The molecular formula is C23H16N2O. The second-order valence-electron chi connectivity index (χ2n) is 6.34. The Labute approximate surface area is 151 Å². The van der Waals surface area contributed by atoms with Gasteiger partial charge in [-0.2, -0.15) is 4.98 Å². The Kier molecular flexibility index (Phi) is 3.32. The molecule has 2 aromatic heterocycles. The highest BCUT2D eigenvalue weighted by Crippen LogP contribution is 2.35. The van der Waals surface area contributed by atoms with Crippen LogP contribution in [0.5, 0.6) is 0 Å². The van der Waals surface area contributed by atoms with E-state index in [1.807, 2.05) is 31.2 Å². The lowest BCUT2D eigenvalue weighted by Gasteiger charge is -2.07. The molecule has 3 heteroatoms. The van der Waals surface area contributed by atoms with E-state index in [1.54, 1.807) is 0 Å². The minimum Gasteiger partial charge on any atom is -0.438 e. The number of para-hydroxylation sites is 1. The molecule has 0 saturated carbocycles. The van der Waals surface area contributed by atoms with Crippen LogP contribution in [0.1, 0.15) is 5.82 Å². The first kappa shape index (κ1) is 14.8. The number of hydrogen-bond acceptors (Lipinski definition) is 3. The van der Waals surface area contributed by atoms with Gasteiger partial charge in [0.1, 0.15) is 11.4 Å². The van der Waals surface area contributed by atoms with Gasteiger partial charge in [-0.3, -0.25) is 0 Å². The van der Waals surface area contributed by atoms with Crippen molar-refractivity contribution in [1.29, 1.82) is 0 Å². The Balaban J connectivity index is 1.79. The van der Waals surface area contributed by atoms with Gasteiger partial charge < -0.3 is 4.42 Å². The quantitative estimate of drug-likeness (QED) is 0.396. The fourth-order valence-corrected chi connectivity index (χ4v) is 3.42. The highest BCUT2D eigenvalue weighted by atomic mass is 16.3. The number of fused-ring (bicyclic) bond motifs is 3. The summed E-state index contributed by atoms with van der Waals surface area (Å²) in [6.07, 6.45) is 0. The SMILES string of the molecule is Cc1nc(-c2cccc(-c3ccccc3)c2)c2c(n1)oc1ccccc12. The molecule has 26 heavy (non-hydrogen) atoms. The number of rotatable bonds is 2. The average molecular weight is 336 g/mol. The van der Waals surface area contributed by atoms with Crippen molar-refractivity contribution in [3.8, 4) is 22.4 Å². The standard InChI is InChI=1S/C23H16N2O/c1-15-24-22(21-19-12-5-6-13-20(19)26-23(21)25-15)18-11-7-10-17(14-18)16-8-3-2-4-9-16/h2-14H,1H3. The summed E-state index contributed by atoms with van der Waals surface area (Å²) in [5.74, 6) is 0.705. The van der Waals surface area contributed by atoms with Gasteiger partial charge in [0.25, 0.3) is 0 Å². The van der Waals surface area contributed by atoms with Crippen molar-refractivity contribution in [2.75, 3.05) is 0 Å². The van der Waals surface area contributed by atoms with Crippen LogP contribution >= 0.6 is 0 Å². The van der Waals surface area contributed by atoms with Crippen molar-refractivity contribution in [2.24, 2.45) is 0 Å². The van der Waals surface area contributed by atoms with Gasteiger partial charge in [-0.05, 0) is 30.2 Å². The van der Waals surface area contributed by atoms with Gasteiger partial charge in [0.05, 0.1) is 11.1 Å². The van der Waals surface area contributed by atoms with E-state index in [0.717, 1.165) is 27.6 Å². The van der Waals surface area contributed by atoms with E-state index in [9.17, 15) is 0 Å². The summed E-state index contributed by atoms with van der Waals surface area (Å²) in [6, 6.07) is 26.9. The molecule has 0 saturated heterocycles. The molecule has 0 amide bonds. The molecule has 3 aromatic carbocycles. The predicted octanol–water partition coefficient (Wildman–Crippen LogP) is 6.02. The van der Waals surface area contributed by atoms with Gasteiger partial charge in [0.2, 0.25) is 5.71 Å². The Morgan fingerprint density at radius 1 is 0.692 bits per heavy atom. The van der Waals surface area contributed by atoms with Gasteiger partial charge >= 0.3 is 0 Å². The summed E-state index contributed by atoms with van der Waals surface area (Å²) in [4.78, 5) is 9.26. The maximum Gasteiger partial charge on any atom is 0.231 e. The van der Waals surface area contributed by atoms with Crippen molar-refractivity contribution in [3.05, 3.63) is 84.7 Å². The number of hydrogen-bond donors (Lipinski definition) is 0. The second-order valence-corrected chi connectivity index (χ2v) is 6.34. The number of furan rings is 1. The lowest BCUT2D eigenvalue weighted by molar-refractivity contribution is 0.651. The minimum atomic E-state index is 0.638. The van der Waals surface area contributed by atoms with E-state index in [4.69, 9.17) is 9.40 Å². The summed E-state index contributed by atoms with van der Waals surface area (Å²) >= 11 is 0. The molecule has 0 aliphatic heterocycles. The van der Waals surface area contributed by atoms with Gasteiger partial charge in [0, 0.05) is 10.9 Å². The molecule has 0 bridgehead atoms. The van der Waals surface area contributed by atoms with E-state index in [1.165, 1.54) is 11.1 Å². The Hall–Kier alpha value is -3.46. The fraction of sp³-hybridized carbons (Fsp3) is 0.0435. The smallest absolute Gasteiger partial charge is 0.231 e. The Bertz CT molecular complexity index is 1240. The number of aromatic nitrogens is 2. The third-order valence-corrected chi connectivity index (χ3v) is 4.59. The maximum atomic E-state index is 5.96. The molecule has 5 rings (SSSR count). The molecule has 5 aromatic rings. The molecule has 3 nitrogen and oxygen atoms in total. The zero-order valence-corrected chi connectivity index (χ0v) is 14.3. The molecule has 0 aliphatic rings. The molecule has 0 spiro atoms. The average Bonchev–Trinajstić information content (AvgIpc) is 3.06. The van der Waals surface area contributed by atoms with Gasteiger partial charge in [-0.1, -0.05) is 66.7 Å². The zero-order chi connectivity index (χ0) is 17.5. The number of aryl methyl sites for hydroxylation is 1. The predicted molar refractivity (Wildman–Crippen MR) is 105 cm³/mol. The molecule has 0 aliphatic carbocycles. The third-order valence-electron chi connectivity index (χ3n) is 4.59. The fourth-order valence-electron chi connectivity index (χ4n) is 3.42. The lowest BCUT2D eigenvalue weighted by atomic mass is 10.00. The zero-order valence-electron chi connectivity index (χ0n) is 14.3. The molecule has 0 radical (unpaired) electrons. The summed E-state index contributed by atoms with van der Waals surface area (Å²) in [7, 11) is 0. The number of nitrogens with zero attached hydrogens (tertiary/aromatic N) is 2. The summed E-state index contributed by atoms with van der Waals surface area (Å²) in [6.45, 7) is 1.90. The molecule has 2 heterocycles. The molecule has 0 unspecified atom stereocenters. The first-order valence-corrected chi connectivity index (χ1v) is 8.61. The topological polar surface area (TPSA) is 38.9 Å². The summed E-state index contributed by atoms with van der Waals surface area (Å²) in [5, 5.41) is 2.01. The van der Waals surface area contributed by atoms with Gasteiger partial charge in [0.15, 0.2) is 0 Å². The summed E-state index contributed by atoms with van der Waals surface area (Å²) in [5.41, 5.74) is 5.80. The van der Waals surface area contributed by atoms with E-state index in [2.05, 4.69) is 59.6 Å². The highest BCUT2D eigenvalue weighted by molar-refractivity contribution is 6.10. The van der Waals surface area contributed by atoms with Crippen LogP contribution in [0.2, 0.25) is 0 Å². The van der Waals surface area contributed by atoms with E-state index < -0.39 is 0 Å². The monoisotopic (exact) mass is 336 g/mol. The largest absolute Gasteiger partial charge is 0.438 e. The lowest BCUT2D eigenvalue weighted by Crippen LogP contribution is -1.92. The maximum absolute atomic E-state index is 5.96. The normalized spacial score (nSPS) is 11.3. The van der Waals surface area contributed by atoms with Crippen LogP contribution in [0.4, 0.5) is 0 Å². The van der Waals surface area contributed by atoms with Gasteiger partial charge in [-0.15, -0.1) is 0 Å². The van der Waals surface area contributed by atoms with Crippen LogP contribution < -0.4 is 0 Å². The van der Waals surface area contributed by atoms with E-state index >= 15 is 0 Å². The van der Waals surface area contributed by atoms with Crippen molar-refractivity contribution in [1.82, 2.24) is 9.97 Å². The minimum absolute atomic E-state index is 0.638. The highest BCUT2D eigenvalue weighted by Gasteiger charge is 2.16. The van der Waals surface area contributed by atoms with Crippen molar-refractivity contribution >= 4 is 22.1 Å². The Morgan fingerprint density at radius 2 is 1.42 bits per heavy atom. The molecule has 0 N–H and O–H groups in total. The molecule has 0 fully saturated rings. The number of benzene rings is 3. The van der Waals surface area contributed by atoms with Crippen molar-refractivity contribution in [2.45, 2.75) is 6.92 Å². The van der Waals surface area contributed by atoms with E-state index in [0.29, 0.717) is 11.5 Å². The van der Waals surface area contributed by atoms with Crippen LogP contribution in [-0.2, 0) is 0 Å². The Morgan fingerprint density at radius 3 is 2.31 bits per heavy atom.